The molecule has 0 aromatic rings. The van der Waals surface area contributed by atoms with Crippen LogP contribution in [0.15, 0.2) is 11.6 Å². The van der Waals surface area contributed by atoms with Crippen molar-refractivity contribution in [1.82, 2.24) is 10.2 Å². The van der Waals surface area contributed by atoms with E-state index in [4.69, 9.17) is 0 Å². The molecule has 0 saturated carbocycles. The number of nitrogens with one attached hydrogen (secondary N) is 1. The molecule has 0 bridgehead atoms. The quantitative estimate of drug-likeness (QED) is 0.735. The summed E-state index contributed by atoms with van der Waals surface area (Å²) in [6.45, 7) is 10.7. The Bertz CT molecular complexity index is 317. The zero-order valence-corrected chi connectivity index (χ0v) is 13.9. The second-order valence-corrected chi connectivity index (χ2v) is 6.76. The fourth-order valence-corrected chi connectivity index (χ4v) is 3.84. The van der Waals surface area contributed by atoms with Crippen LogP contribution in [0.5, 0.6) is 0 Å². The monoisotopic (exact) mass is 278 g/mol. The molecule has 1 unspecified atom stereocenters. The Balaban J connectivity index is 1.92. The van der Waals surface area contributed by atoms with Gasteiger partial charge in [0.15, 0.2) is 0 Å². The van der Waals surface area contributed by atoms with Crippen LogP contribution in [0.25, 0.3) is 0 Å². The zero-order chi connectivity index (χ0) is 14.4. The van der Waals surface area contributed by atoms with Crippen LogP contribution in [0.2, 0.25) is 0 Å². The standard InChI is InChI=1S/C18H34N2/c1-4-17-14-19-18(5-2,6-3)15-20(17)13-12-16-10-8-7-9-11-16/h10,17,19H,4-9,11-15H2,1-3H3. The fourth-order valence-electron chi connectivity index (χ4n) is 3.84. The van der Waals surface area contributed by atoms with Gasteiger partial charge >= 0.3 is 0 Å². The van der Waals surface area contributed by atoms with E-state index < -0.39 is 0 Å². The van der Waals surface area contributed by atoms with Crippen LogP contribution in [0.3, 0.4) is 0 Å². The van der Waals surface area contributed by atoms with Gasteiger partial charge < -0.3 is 5.32 Å². The molecule has 1 heterocycles. The third kappa shape index (κ3) is 3.85. The first-order chi connectivity index (χ1) is 9.73. The van der Waals surface area contributed by atoms with Crippen molar-refractivity contribution < 1.29 is 0 Å². The smallest absolute Gasteiger partial charge is 0.0304 e. The van der Waals surface area contributed by atoms with E-state index in [9.17, 15) is 0 Å². The molecule has 0 aromatic carbocycles. The van der Waals surface area contributed by atoms with Gasteiger partial charge in [-0.2, -0.15) is 0 Å². The molecule has 0 spiro atoms. The Kier molecular flexibility index (Phi) is 6.10. The van der Waals surface area contributed by atoms with E-state index in [2.05, 4.69) is 37.1 Å². The minimum absolute atomic E-state index is 0.368. The van der Waals surface area contributed by atoms with Crippen LogP contribution in [0.4, 0.5) is 0 Å². The van der Waals surface area contributed by atoms with Crippen molar-refractivity contribution in [1.29, 1.82) is 0 Å². The van der Waals surface area contributed by atoms with Crippen LogP contribution in [-0.4, -0.2) is 36.1 Å². The Morgan fingerprint density at radius 1 is 1.25 bits per heavy atom. The molecule has 1 aliphatic heterocycles. The van der Waals surface area contributed by atoms with E-state index in [0.717, 1.165) is 6.04 Å². The maximum Gasteiger partial charge on any atom is 0.0304 e. The molecule has 116 valence electrons. The minimum Gasteiger partial charge on any atom is -0.308 e. The lowest BCUT2D eigenvalue weighted by Crippen LogP contribution is -2.63. The summed E-state index contributed by atoms with van der Waals surface area (Å²) in [6, 6.07) is 0.741. The molecule has 2 rings (SSSR count). The van der Waals surface area contributed by atoms with Crippen LogP contribution in [0, 0.1) is 0 Å². The molecule has 2 heteroatoms. The Morgan fingerprint density at radius 3 is 2.65 bits per heavy atom. The summed E-state index contributed by atoms with van der Waals surface area (Å²) >= 11 is 0. The number of nitrogens with zero attached hydrogens (tertiary/aromatic N) is 1. The Hall–Kier alpha value is -0.340. The van der Waals surface area contributed by atoms with Crippen LogP contribution in [0.1, 0.15) is 72.1 Å². The lowest BCUT2D eigenvalue weighted by Gasteiger charge is -2.47. The van der Waals surface area contributed by atoms with Gasteiger partial charge in [0.25, 0.3) is 0 Å². The highest BCUT2D eigenvalue weighted by Gasteiger charge is 2.35. The second kappa shape index (κ2) is 7.61. The average molecular weight is 278 g/mol. The first-order valence-corrected chi connectivity index (χ1v) is 8.90. The van der Waals surface area contributed by atoms with Crippen molar-refractivity contribution in [3.05, 3.63) is 11.6 Å². The van der Waals surface area contributed by atoms with Gasteiger partial charge in [0, 0.05) is 31.2 Å². The van der Waals surface area contributed by atoms with Gasteiger partial charge in [-0.1, -0.05) is 32.4 Å². The van der Waals surface area contributed by atoms with Gasteiger partial charge in [0.05, 0.1) is 0 Å². The molecule has 20 heavy (non-hydrogen) atoms. The van der Waals surface area contributed by atoms with Gasteiger partial charge in [-0.15, -0.1) is 0 Å². The van der Waals surface area contributed by atoms with Gasteiger partial charge in [0.1, 0.15) is 0 Å². The summed E-state index contributed by atoms with van der Waals surface area (Å²) in [5.41, 5.74) is 2.09. The molecule has 2 nitrogen and oxygen atoms in total. The molecule has 2 aliphatic rings. The molecular formula is C18H34N2. The van der Waals surface area contributed by atoms with Gasteiger partial charge in [-0.25, -0.2) is 0 Å². The van der Waals surface area contributed by atoms with Crippen molar-refractivity contribution in [3.63, 3.8) is 0 Å². The van der Waals surface area contributed by atoms with Crippen LogP contribution < -0.4 is 5.32 Å². The SMILES string of the molecule is CCC1CNC(CC)(CC)CN1CCC1=CCCCC1. The maximum atomic E-state index is 3.84. The van der Waals surface area contributed by atoms with E-state index in [1.165, 1.54) is 71.0 Å². The van der Waals surface area contributed by atoms with Crippen molar-refractivity contribution in [2.45, 2.75) is 83.7 Å². The second-order valence-electron chi connectivity index (χ2n) is 6.76. The summed E-state index contributed by atoms with van der Waals surface area (Å²) in [5.74, 6) is 0. The maximum absolute atomic E-state index is 3.84. The van der Waals surface area contributed by atoms with Crippen molar-refractivity contribution in [3.8, 4) is 0 Å². The average Bonchev–Trinajstić information content (AvgIpc) is 2.53. The molecule has 1 saturated heterocycles. The fraction of sp³-hybridized carbons (Fsp3) is 0.889. The number of hydrogen-bond acceptors (Lipinski definition) is 2. The summed E-state index contributed by atoms with van der Waals surface area (Å²) in [7, 11) is 0. The number of hydrogen-bond donors (Lipinski definition) is 1. The molecule has 0 aromatic heterocycles. The van der Waals surface area contributed by atoms with E-state index in [1.54, 1.807) is 5.57 Å². The summed E-state index contributed by atoms with van der Waals surface area (Å²) in [5, 5.41) is 3.84. The molecule has 1 atom stereocenters. The topological polar surface area (TPSA) is 15.3 Å². The summed E-state index contributed by atoms with van der Waals surface area (Å²) < 4.78 is 0. The molecule has 1 N–H and O–H groups in total. The highest BCUT2D eigenvalue weighted by Crippen LogP contribution is 2.26. The number of allylic oxidation sites excluding steroid dienone is 1. The van der Waals surface area contributed by atoms with Crippen molar-refractivity contribution in [2.75, 3.05) is 19.6 Å². The molecule has 0 amide bonds. The van der Waals surface area contributed by atoms with Gasteiger partial charge in [-0.3, -0.25) is 4.90 Å². The molecule has 1 aliphatic carbocycles. The molecular weight excluding hydrogens is 244 g/mol. The summed E-state index contributed by atoms with van der Waals surface area (Å²) in [4.78, 5) is 2.78. The van der Waals surface area contributed by atoms with E-state index in [1.807, 2.05) is 0 Å². The van der Waals surface area contributed by atoms with Gasteiger partial charge in [-0.05, 0) is 51.4 Å². The van der Waals surface area contributed by atoms with E-state index in [-0.39, 0.29) is 0 Å². The first kappa shape index (κ1) is 16.0. The normalized spacial score (nSPS) is 27.4. The molecule has 1 fully saturated rings. The van der Waals surface area contributed by atoms with Crippen molar-refractivity contribution in [2.24, 2.45) is 0 Å². The highest BCUT2D eigenvalue weighted by molar-refractivity contribution is 5.06. The lowest BCUT2D eigenvalue weighted by molar-refractivity contribution is 0.0713. The minimum atomic E-state index is 0.368. The van der Waals surface area contributed by atoms with E-state index >= 15 is 0 Å². The number of rotatable bonds is 6. The van der Waals surface area contributed by atoms with Crippen LogP contribution >= 0.6 is 0 Å². The third-order valence-corrected chi connectivity index (χ3v) is 5.66. The van der Waals surface area contributed by atoms with E-state index in [0.29, 0.717) is 5.54 Å². The Morgan fingerprint density at radius 2 is 2.05 bits per heavy atom. The predicted molar refractivity (Wildman–Crippen MR) is 88.1 cm³/mol. The summed E-state index contributed by atoms with van der Waals surface area (Å²) in [6.07, 6.45) is 13.1. The predicted octanol–water partition coefficient (Wildman–Crippen LogP) is 4.12. The van der Waals surface area contributed by atoms with Gasteiger partial charge in [0.2, 0.25) is 0 Å². The third-order valence-electron chi connectivity index (χ3n) is 5.66. The van der Waals surface area contributed by atoms with Crippen molar-refractivity contribution >= 4 is 0 Å². The Labute approximate surface area is 126 Å². The largest absolute Gasteiger partial charge is 0.308 e. The zero-order valence-electron chi connectivity index (χ0n) is 13.9. The first-order valence-electron chi connectivity index (χ1n) is 8.90. The molecule has 0 radical (unpaired) electrons. The number of piperazine rings is 1. The van der Waals surface area contributed by atoms with Crippen LogP contribution in [-0.2, 0) is 0 Å². The highest BCUT2D eigenvalue weighted by atomic mass is 15.2. The lowest BCUT2D eigenvalue weighted by atomic mass is 9.87.